The van der Waals surface area contributed by atoms with Crippen LogP contribution in [0.15, 0.2) is 71.7 Å². The summed E-state index contributed by atoms with van der Waals surface area (Å²) in [6.45, 7) is 1.96. The van der Waals surface area contributed by atoms with Crippen molar-refractivity contribution in [3.63, 3.8) is 0 Å². The molecule has 4 aromatic rings. The Morgan fingerprint density at radius 1 is 1.17 bits per heavy atom. The molecular formula is C23H23N5O2. The Kier molecular flexibility index (Phi) is 4.93. The van der Waals surface area contributed by atoms with Crippen LogP contribution in [0.3, 0.4) is 0 Å². The summed E-state index contributed by atoms with van der Waals surface area (Å²) < 4.78 is 7.42. The molecule has 1 N–H and O–H groups in total. The fraction of sp³-hybridized carbons (Fsp3) is 0.261. The summed E-state index contributed by atoms with van der Waals surface area (Å²) in [4.78, 5) is 23.9. The Labute approximate surface area is 174 Å². The van der Waals surface area contributed by atoms with E-state index in [1.54, 1.807) is 18.7 Å². The molecule has 2 amide bonds. The minimum Gasteiger partial charge on any atom is -0.472 e. The molecule has 1 saturated heterocycles. The predicted octanol–water partition coefficient (Wildman–Crippen LogP) is 3.89. The summed E-state index contributed by atoms with van der Waals surface area (Å²) in [5.74, 6) is 0.828. The number of furan rings is 1. The van der Waals surface area contributed by atoms with Crippen molar-refractivity contribution in [2.24, 2.45) is 0 Å². The third kappa shape index (κ3) is 3.54. The molecule has 3 aromatic heterocycles. The van der Waals surface area contributed by atoms with Gasteiger partial charge in [0.25, 0.3) is 0 Å². The van der Waals surface area contributed by atoms with Crippen LogP contribution in [0.2, 0.25) is 0 Å². The van der Waals surface area contributed by atoms with E-state index < -0.39 is 0 Å². The quantitative estimate of drug-likeness (QED) is 0.550. The number of nitrogens with one attached hydrogen (secondary N) is 1. The first-order chi connectivity index (χ1) is 14.8. The fourth-order valence-electron chi connectivity index (χ4n) is 4.08. The molecule has 0 aliphatic carbocycles. The van der Waals surface area contributed by atoms with Crippen LogP contribution in [-0.2, 0) is 6.42 Å². The maximum absolute atomic E-state index is 12.7. The van der Waals surface area contributed by atoms with Crippen LogP contribution in [0.4, 0.5) is 4.79 Å². The van der Waals surface area contributed by atoms with Crippen LogP contribution in [-0.4, -0.2) is 45.1 Å². The number of amides is 2. The van der Waals surface area contributed by atoms with Gasteiger partial charge < -0.3 is 19.2 Å². The van der Waals surface area contributed by atoms with Gasteiger partial charge in [-0.1, -0.05) is 30.3 Å². The summed E-state index contributed by atoms with van der Waals surface area (Å²) in [5, 5.41) is 3.05. The summed E-state index contributed by atoms with van der Waals surface area (Å²) in [7, 11) is 0. The van der Waals surface area contributed by atoms with Crippen molar-refractivity contribution in [3.05, 3.63) is 72.8 Å². The second kappa shape index (κ2) is 8.02. The first-order valence-electron chi connectivity index (χ1n) is 10.2. The molecule has 0 saturated carbocycles. The second-order valence-electron chi connectivity index (χ2n) is 7.52. The van der Waals surface area contributed by atoms with Crippen molar-refractivity contribution >= 4 is 17.2 Å². The molecule has 152 valence electrons. The maximum Gasteiger partial charge on any atom is 0.317 e. The Morgan fingerprint density at radius 3 is 2.90 bits per heavy atom. The highest BCUT2D eigenvalue weighted by Crippen LogP contribution is 2.32. The predicted molar refractivity (Wildman–Crippen MR) is 114 cm³/mol. The number of hydrogen-bond donors (Lipinski definition) is 1. The first kappa shape index (κ1) is 18.4. The summed E-state index contributed by atoms with van der Waals surface area (Å²) >= 11 is 0. The lowest BCUT2D eigenvalue weighted by Crippen LogP contribution is -2.39. The van der Waals surface area contributed by atoms with Crippen molar-refractivity contribution < 1.29 is 9.21 Å². The van der Waals surface area contributed by atoms with Crippen LogP contribution < -0.4 is 5.32 Å². The van der Waals surface area contributed by atoms with E-state index in [4.69, 9.17) is 9.40 Å². The number of urea groups is 1. The van der Waals surface area contributed by atoms with Crippen LogP contribution in [0, 0.1) is 0 Å². The SMILES string of the molecule is O=C(NCCc1ccccc1)N1CCC(n2c(-c3ccoc3)nc3cccnc32)C1. The van der Waals surface area contributed by atoms with Crippen molar-refractivity contribution in [1.29, 1.82) is 0 Å². The number of benzene rings is 1. The van der Waals surface area contributed by atoms with E-state index in [1.165, 1.54) is 5.56 Å². The highest BCUT2D eigenvalue weighted by atomic mass is 16.3. The number of imidazole rings is 1. The molecule has 0 spiro atoms. The zero-order valence-electron chi connectivity index (χ0n) is 16.6. The second-order valence-corrected chi connectivity index (χ2v) is 7.52. The fourth-order valence-corrected chi connectivity index (χ4v) is 4.08. The zero-order chi connectivity index (χ0) is 20.3. The van der Waals surface area contributed by atoms with Gasteiger partial charge in [-0.2, -0.15) is 0 Å². The number of rotatable bonds is 5. The summed E-state index contributed by atoms with van der Waals surface area (Å²) in [6.07, 6.45) is 6.81. The standard InChI is InChI=1S/C23H23N5O2/c29-23(25-12-8-17-5-2-1-3-6-17)27-13-9-19(15-27)28-21(18-10-14-30-16-18)26-20-7-4-11-24-22(20)28/h1-7,10-11,14,16,19H,8-9,12-13,15H2,(H,25,29). The summed E-state index contributed by atoms with van der Waals surface area (Å²) in [6, 6.07) is 16.0. The van der Waals surface area contributed by atoms with Crippen molar-refractivity contribution in [3.8, 4) is 11.4 Å². The normalized spacial score (nSPS) is 16.3. The number of carbonyl (C=O) groups excluding carboxylic acids is 1. The number of likely N-dealkylation sites (tertiary alicyclic amines) is 1. The van der Waals surface area contributed by atoms with Gasteiger partial charge in [0.15, 0.2) is 5.65 Å². The summed E-state index contributed by atoms with van der Waals surface area (Å²) in [5.41, 5.74) is 3.82. The topological polar surface area (TPSA) is 76.2 Å². The Balaban J connectivity index is 1.30. The molecule has 5 rings (SSSR count). The van der Waals surface area contributed by atoms with Crippen molar-refractivity contribution in [2.45, 2.75) is 18.9 Å². The molecule has 1 fully saturated rings. The minimum absolute atomic E-state index is 0.0179. The molecule has 7 heteroatoms. The van der Waals surface area contributed by atoms with Gasteiger partial charge in [-0.05, 0) is 36.6 Å². The molecule has 1 aliphatic rings. The van der Waals surface area contributed by atoms with Gasteiger partial charge in [0.1, 0.15) is 17.6 Å². The third-order valence-corrected chi connectivity index (χ3v) is 5.58. The molecule has 1 unspecified atom stereocenters. The molecule has 0 radical (unpaired) electrons. The highest BCUT2D eigenvalue weighted by molar-refractivity contribution is 5.78. The average Bonchev–Trinajstić information content (AvgIpc) is 3.53. The molecule has 1 atom stereocenters. The average molecular weight is 401 g/mol. The first-order valence-corrected chi connectivity index (χ1v) is 10.2. The number of aromatic nitrogens is 3. The maximum atomic E-state index is 12.7. The third-order valence-electron chi connectivity index (χ3n) is 5.58. The van der Waals surface area contributed by atoms with E-state index in [0.717, 1.165) is 35.4 Å². The van der Waals surface area contributed by atoms with Gasteiger partial charge in [0.2, 0.25) is 0 Å². The Morgan fingerprint density at radius 2 is 2.07 bits per heavy atom. The molecule has 0 bridgehead atoms. The van der Waals surface area contributed by atoms with Gasteiger partial charge in [-0.3, -0.25) is 0 Å². The van der Waals surface area contributed by atoms with Crippen molar-refractivity contribution in [2.75, 3.05) is 19.6 Å². The molecule has 4 heterocycles. The van der Waals surface area contributed by atoms with E-state index in [1.807, 2.05) is 41.3 Å². The van der Waals surface area contributed by atoms with Gasteiger partial charge in [0.05, 0.1) is 17.9 Å². The number of hydrogen-bond acceptors (Lipinski definition) is 4. The Bertz CT molecular complexity index is 1140. The zero-order valence-corrected chi connectivity index (χ0v) is 16.6. The van der Waals surface area contributed by atoms with Crippen molar-refractivity contribution in [1.82, 2.24) is 24.8 Å². The molecule has 1 aromatic carbocycles. The smallest absolute Gasteiger partial charge is 0.317 e. The molecule has 1 aliphatic heterocycles. The van der Waals surface area contributed by atoms with Gasteiger partial charge in [0, 0.05) is 25.8 Å². The lowest BCUT2D eigenvalue weighted by molar-refractivity contribution is 0.207. The largest absolute Gasteiger partial charge is 0.472 e. The van der Waals surface area contributed by atoms with Gasteiger partial charge >= 0.3 is 6.03 Å². The monoisotopic (exact) mass is 401 g/mol. The number of carbonyl (C=O) groups is 1. The number of nitrogens with zero attached hydrogens (tertiary/aromatic N) is 4. The van der Waals surface area contributed by atoms with E-state index in [9.17, 15) is 4.79 Å². The van der Waals surface area contributed by atoms with Gasteiger partial charge in [-0.25, -0.2) is 14.8 Å². The van der Waals surface area contributed by atoms with E-state index in [0.29, 0.717) is 19.6 Å². The van der Waals surface area contributed by atoms with Gasteiger partial charge in [-0.15, -0.1) is 0 Å². The van der Waals surface area contributed by atoms with Crippen LogP contribution >= 0.6 is 0 Å². The molecule has 7 nitrogen and oxygen atoms in total. The van der Waals surface area contributed by atoms with Crippen LogP contribution in [0.5, 0.6) is 0 Å². The Hall–Kier alpha value is -3.61. The minimum atomic E-state index is -0.0179. The lowest BCUT2D eigenvalue weighted by Gasteiger charge is -2.19. The molecule has 30 heavy (non-hydrogen) atoms. The number of fused-ring (bicyclic) bond motifs is 1. The van der Waals surface area contributed by atoms with E-state index in [2.05, 4.69) is 27.0 Å². The lowest BCUT2D eigenvalue weighted by atomic mass is 10.1. The molecular weight excluding hydrogens is 378 g/mol. The van der Waals surface area contributed by atoms with Crippen LogP contribution in [0.1, 0.15) is 18.0 Å². The van der Waals surface area contributed by atoms with Crippen LogP contribution in [0.25, 0.3) is 22.6 Å². The van der Waals surface area contributed by atoms with E-state index in [-0.39, 0.29) is 12.1 Å². The van der Waals surface area contributed by atoms with E-state index >= 15 is 0 Å². The highest BCUT2D eigenvalue weighted by Gasteiger charge is 2.30. The number of pyridine rings is 1.